The summed E-state index contributed by atoms with van der Waals surface area (Å²) in [5.74, 6) is -0.853. The molecule has 1 saturated carbocycles. The van der Waals surface area contributed by atoms with E-state index in [9.17, 15) is 14.7 Å². The Hall–Kier alpha value is -1.55. The molecule has 118 valence electrons. The zero-order chi connectivity index (χ0) is 15.7. The zero-order valence-electron chi connectivity index (χ0n) is 12.4. The van der Waals surface area contributed by atoms with Crippen LogP contribution < -0.4 is 0 Å². The molecule has 1 atom stereocenters. The van der Waals surface area contributed by atoms with E-state index in [4.69, 9.17) is 11.6 Å². The third-order valence-corrected chi connectivity index (χ3v) is 5.33. The summed E-state index contributed by atoms with van der Waals surface area (Å²) in [6.07, 6.45) is 4.15. The minimum atomic E-state index is -0.825. The van der Waals surface area contributed by atoms with Gasteiger partial charge in [0, 0.05) is 18.0 Å². The summed E-state index contributed by atoms with van der Waals surface area (Å²) in [5.41, 5.74) is 0.262. The number of amides is 1. The first-order valence-corrected chi connectivity index (χ1v) is 8.18. The van der Waals surface area contributed by atoms with E-state index in [1.54, 1.807) is 0 Å². The molecule has 0 aromatic heterocycles. The number of carboxylic acids is 1. The smallest absolute Gasteiger partial charge is 0.310 e. The van der Waals surface area contributed by atoms with Crippen molar-refractivity contribution in [2.75, 3.05) is 6.54 Å². The second-order valence-electron chi connectivity index (χ2n) is 6.41. The summed E-state index contributed by atoms with van der Waals surface area (Å²) in [7, 11) is 0. The lowest BCUT2D eigenvalue weighted by atomic mass is 9.66. The molecule has 1 aliphatic carbocycles. The Labute approximate surface area is 135 Å². The van der Waals surface area contributed by atoms with Gasteiger partial charge in [0.1, 0.15) is 0 Å². The molecule has 3 rings (SSSR count). The molecule has 1 amide bonds. The molecule has 5 heteroatoms. The van der Waals surface area contributed by atoms with Crippen molar-refractivity contribution >= 4 is 23.5 Å². The largest absolute Gasteiger partial charge is 0.481 e. The molecule has 0 spiro atoms. The van der Waals surface area contributed by atoms with E-state index in [1.807, 2.05) is 29.2 Å². The summed E-state index contributed by atoms with van der Waals surface area (Å²) in [6.45, 7) is 0.710. The minimum absolute atomic E-state index is 0.0282. The standard InChI is InChI=1S/C17H20ClNO3/c18-13-6-4-12(5-7-13)14-3-1-10-19(14)15(20)11-17(16(21)22)8-2-9-17/h4-7,14H,1-3,8-11H2,(H,21,22). The highest BCUT2D eigenvalue weighted by atomic mass is 35.5. The van der Waals surface area contributed by atoms with E-state index in [2.05, 4.69) is 0 Å². The number of nitrogens with zero attached hydrogens (tertiary/aromatic N) is 1. The van der Waals surface area contributed by atoms with E-state index in [0.717, 1.165) is 24.8 Å². The fourth-order valence-corrected chi connectivity index (χ4v) is 3.68. The number of halogens is 1. The minimum Gasteiger partial charge on any atom is -0.481 e. The number of hydrogen-bond donors (Lipinski definition) is 1. The molecule has 1 unspecified atom stereocenters. The van der Waals surface area contributed by atoms with Gasteiger partial charge >= 0.3 is 5.97 Å². The molecule has 1 heterocycles. The molecular formula is C17H20ClNO3. The van der Waals surface area contributed by atoms with Gasteiger partial charge in [0.15, 0.2) is 0 Å². The maximum absolute atomic E-state index is 12.6. The number of carboxylic acid groups (broad SMARTS) is 1. The van der Waals surface area contributed by atoms with E-state index in [-0.39, 0.29) is 18.4 Å². The summed E-state index contributed by atoms with van der Waals surface area (Å²) < 4.78 is 0. The first-order valence-electron chi connectivity index (χ1n) is 7.80. The summed E-state index contributed by atoms with van der Waals surface area (Å²) >= 11 is 5.92. The Kier molecular flexibility index (Phi) is 4.13. The third-order valence-electron chi connectivity index (χ3n) is 5.08. The molecule has 1 aromatic carbocycles. The Bertz CT molecular complexity index is 580. The van der Waals surface area contributed by atoms with Crippen molar-refractivity contribution in [2.45, 2.75) is 44.6 Å². The SMILES string of the molecule is O=C(CC1(C(=O)O)CCC1)N1CCCC1c1ccc(Cl)cc1. The maximum atomic E-state index is 12.6. The van der Waals surface area contributed by atoms with Crippen LogP contribution in [0.4, 0.5) is 0 Å². The molecule has 0 radical (unpaired) electrons. The molecule has 1 aromatic rings. The van der Waals surface area contributed by atoms with Gasteiger partial charge in [0.25, 0.3) is 0 Å². The first kappa shape index (κ1) is 15.3. The monoisotopic (exact) mass is 321 g/mol. The van der Waals surface area contributed by atoms with E-state index in [1.165, 1.54) is 0 Å². The van der Waals surface area contributed by atoms with Crippen LogP contribution in [0.15, 0.2) is 24.3 Å². The quantitative estimate of drug-likeness (QED) is 0.921. The number of benzene rings is 1. The second-order valence-corrected chi connectivity index (χ2v) is 6.85. The van der Waals surface area contributed by atoms with Gasteiger partial charge in [0.2, 0.25) is 5.91 Å². The van der Waals surface area contributed by atoms with Crippen LogP contribution in [0.2, 0.25) is 5.02 Å². The molecule has 22 heavy (non-hydrogen) atoms. The Morgan fingerprint density at radius 1 is 1.23 bits per heavy atom. The number of carbonyl (C=O) groups excluding carboxylic acids is 1. The van der Waals surface area contributed by atoms with Crippen LogP contribution in [-0.4, -0.2) is 28.4 Å². The average Bonchev–Trinajstić information content (AvgIpc) is 2.92. The van der Waals surface area contributed by atoms with Gasteiger partial charge in [-0.3, -0.25) is 9.59 Å². The van der Waals surface area contributed by atoms with Crippen molar-refractivity contribution in [3.05, 3.63) is 34.9 Å². The lowest BCUT2D eigenvalue weighted by Gasteiger charge is -2.38. The van der Waals surface area contributed by atoms with Gasteiger partial charge in [-0.15, -0.1) is 0 Å². The Morgan fingerprint density at radius 2 is 1.91 bits per heavy atom. The van der Waals surface area contributed by atoms with Crippen molar-refractivity contribution in [2.24, 2.45) is 5.41 Å². The van der Waals surface area contributed by atoms with E-state index in [0.29, 0.717) is 24.4 Å². The number of rotatable bonds is 4. The zero-order valence-corrected chi connectivity index (χ0v) is 13.2. The molecule has 2 fully saturated rings. The maximum Gasteiger partial charge on any atom is 0.310 e. The summed E-state index contributed by atoms with van der Waals surface area (Å²) in [5, 5.41) is 10.1. The fraction of sp³-hybridized carbons (Fsp3) is 0.529. The van der Waals surface area contributed by atoms with Crippen LogP contribution in [0.3, 0.4) is 0 Å². The fourth-order valence-electron chi connectivity index (χ4n) is 3.56. The van der Waals surface area contributed by atoms with Gasteiger partial charge in [0.05, 0.1) is 11.5 Å². The molecule has 1 aliphatic heterocycles. The van der Waals surface area contributed by atoms with Crippen LogP contribution in [0.5, 0.6) is 0 Å². The second kappa shape index (κ2) is 5.92. The predicted octanol–water partition coefficient (Wildman–Crippen LogP) is 3.65. The molecule has 0 bridgehead atoms. The van der Waals surface area contributed by atoms with Crippen LogP contribution in [0.1, 0.15) is 50.1 Å². The number of likely N-dealkylation sites (tertiary alicyclic amines) is 1. The van der Waals surface area contributed by atoms with Gasteiger partial charge < -0.3 is 10.0 Å². The Balaban J connectivity index is 1.74. The van der Waals surface area contributed by atoms with Crippen LogP contribution >= 0.6 is 11.6 Å². The van der Waals surface area contributed by atoms with Gasteiger partial charge in [-0.25, -0.2) is 0 Å². The third kappa shape index (κ3) is 2.72. The normalized spacial score (nSPS) is 23.1. The van der Waals surface area contributed by atoms with Crippen LogP contribution in [-0.2, 0) is 9.59 Å². The van der Waals surface area contributed by atoms with Crippen LogP contribution in [0.25, 0.3) is 0 Å². The van der Waals surface area contributed by atoms with Crippen molar-refractivity contribution in [3.8, 4) is 0 Å². The number of hydrogen-bond acceptors (Lipinski definition) is 2. The predicted molar refractivity (Wildman–Crippen MR) is 83.7 cm³/mol. The topological polar surface area (TPSA) is 57.6 Å². The molecule has 1 N–H and O–H groups in total. The summed E-state index contributed by atoms with van der Waals surface area (Å²) in [4.78, 5) is 26.0. The van der Waals surface area contributed by atoms with Crippen LogP contribution in [0, 0.1) is 5.41 Å². The highest BCUT2D eigenvalue weighted by molar-refractivity contribution is 6.30. The van der Waals surface area contributed by atoms with Gasteiger partial charge in [-0.1, -0.05) is 30.2 Å². The lowest BCUT2D eigenvalue weighted by molar-refractivity contribution is -0.159. The number of aliphatic carboxylic acids is 1. The lowest BCUT2D eigenvalue weighted by Crippen LogP contribution is -2.43. The van der Waals surface area contributed by atoms with Crippen molar-refractivity contribution in [1.29, 1.82) is 0 Å². The van der Waals surface area contributed by atoms with E-state index < -0.39 is 11.4 Å². The highest BCUT2D eigenvalue weighted by Gasteiger charge is 2.47. The number of carbonyl (C=O) groups is 2. The van der Waals surface area contributed by atoms with Crippen molar-refractivity contribution in [3.63, 3.8) is 0 Å². The van der Waals surface area contributed by atoms with Gasteiger partial charge in [-0.2, -0.15) is 0 Å². The van der Waals surface area contributed by atoms with E-state index >= 15 is 0 Å². The highest BCUT2D eigenvalue weighted by Crippen LogP contribution is 2.45. The average molecular weight is 322 g/mol. The summed E-state index contributed by atoms with van der Waals surface area (Å²) in [6, 6.07) is 7.63. The molecule has 2 aliphatic rings. The first-order chi connectivity index (χ1) is 10.5. The van der Waals surface area contributed by atoms with Crippen molar-refractivity contribution in [1.82, 2.24) is 4.90 Å². The van der Waals surface area contributed by atoms with Gasteiger partial charge in [-0.05, 0) is 43.4 Å². The van der Waals surface area contributed by atoms with Crippen molar-refractivity contribution < 1.29 is 14.7 Å². The molecular weight excluding hydrogens is 302 g/mol. The molecule has 4 nitrogen and oxygen atoms in total. The Morgan fingerprint density at radius 3 is 2.45 bits per heavy atom. The molecule has 1 saturated heterocycles.